The van der Waals surface area contributed by atoms with Crippen LogP contribution in [0, 0.1) is 0 Å². The molecule has 0 amide bonds. The van der Waals surface area contributed by atoms with Crippen molar-refractivity contribution >= 4 is 11.9 Å². The van der Waals surface area contributed by atoms with Crippen LogP contribution >= 0.6 is 0 Å². The normalized spacial score (nSPS) is 17.1. The van der Waals surface area contributed by atoms with Gasteiger partial charge in [-0.2, -0.15) is 0 Å². The van der Waals surface area contributed by atoms with Crippen molar-refractivity contribution in [1.82, 2.24) is 0 Å². The van der Waals surface area contributed by atoms with Crippen LogP contribution in [0.1, 0.15) is 54.7 Å². The van der Waals surface area contributed by atoms with Gasteiger partial charge >= 0.3 is 0 Å². The van der Waals surface area contributed by atoms with E-state index in [1.54, 1.807) is 18.2 Å². The third kappa shape index (κ3) is 5.10. The molecule has 0 aromatic heterocycles. The highest BCUT2D eigenvalue weighted by molar-refractivity contribution is 6.08. The highest BCUT2D eigenvalue weighted by Gasteiger charge is 2.47. The molecule has 1 aliphatic rings. The van der Waals surface area contributed by atoms with Gasteiger partial charge in [0.2, 0.25) is 0 Å². The lowest BCUT2D eigenvalue weighted by Crippen LogP contribution is -2.07. The number of phenolic OH excluding ortho intramolecular Hbond substituents is 3. The number of carbonyl (C=O) groups excluding carboxylic acids is 1. The number of benzene rings is 2. The third-order valence-corrected chi connectivity index (χ3v) is 5.29. The summed E-state index contributed by atoms with van der Waals surface area (Å²) in [5.74, 6) is -0.482. The summed E-state index contributed by atoms with van der Waals surface area (Å²) in [5.41, 5.74) is 3.15. The fraction of sp³-hybridized carbons (Fsp3) is 0.320. The first kappa shape index (κ1) is 21.7. The van der Waals surface area contributed by atoms with E-state index in [0.717, 1.165) is 16.7 Å². The summed E-state index contributed by atoms with van der Waals surface area (Å²) in [6.07, 6.45) is 6.09. The number of aromatic hydroxyl groups is 3. The van der Waals surface area contributed by atoms with Crippen molar-refractivity contribution in [3.05, 3.63) is 70.3 Å². The van der Waals surface area contributed by atoms with Gasteiger partial charge in [0.15, 0.2) is 5.78 Å². The average molecular weight is 408 g/mol. The molecule has 0 unspecified atom stereocenters. The number of rotatable bonds is 7. The van der Waals surface area contributed by atoms with Crippen LogP contribution in [0.3, 0.4) is 0 Å². The van der Waals surface area contributed by atoms with Gasteiger partial charge in [-0.15, -0.1) is 0 Å². The van der Waals surface area contributed by atoms with E-state index in [9.17, 15) is 20.1 Å². The van der Waals surface area contributed by atoms with Crippen LogP contribution in [0.4, 0.5) is 0 Å². The molecule has 0 radical (unpaired) electrons. The van der Waals surface area contributed by atoms with Crippen LogP contribution in [0.2, 0.25) is 0 Å². The maximum atomic E-state index is 12.7. The van der Waals surface area contributed by atoms with Gasteiger partial charge in [0.25, 0.3) is 0 Å². The molecule has 1 heterocycles. The van der Waals surface area contributed by atoms with Crippen LogP contribution in [0.5, 0.6) is 17.2 Å². The predicted octanol–water partition coefficient (Wildman–Crippen LogP) is 4.93. The first-order valence-corrected chi connectivity index (χ1v) is 9.97. The quantitative estimate of drug-likeness (QED) is 0.262. The molecule has 0 aliphatic carbocycles. The molecule has 5 heteroatoms. The molecular weight excluding hydrogens is 380 g/mol. The van der Waals surface area contributed by atoms with E-state index in [1.807, 2.05) is 39.8 Å². The summed E-state index contributed by atoms with van der Waals surface area (Å²) in [4.78, 5) is 12.7. The highest BCUT2D eigenvalue weighted by atomic mass is 16.6. The Kier molecular flexibility index (Phi) is 6.04. The first-order chi connectivity index (χ1) is 14.1. The predicted molar refractivity (Wildman–Crippen MR) is 117 cm³/mol. The zero-order valence-corrected chi connectivity index (χ0v) is 17.8. The van der Waals surface area contributed by atoms with E-state index in [0.29, 0.717) is 18.4 Å². The van der Waals surface area contributed by atoms with E-state index >= 15 is 0 Å². The maximum Gasteiger partial charge on any atom is 0.189 e. The van der Waals surface area contributed by atoms with E-state index < -0.39 is 0 Å². The molecule has 30 heavy (non-hydrogen) atoms. The summed E-state index contributed by atoms with van der Waals surface area (Å²) in [5, 5.41) is 30.3. The Bertz CT molecular complexity index is 1030. The fourth-order valence-electron chi connectivity index (χ4n) is 3.25. The minimum absolute atomic E-state index is 0.0253. The highest BCUT2D eigenvalue weighted by Crippen LogP contribution is 2.40. The molecule has 1 fully saturated rings. The van der Waals surface area contributed by atoms with Crippen LogP contribution in [0.15, 0.2) is 48.1 Å². The Morgan fingerprint density at radius 2 is 1.73 bits per heavy atom. The zero-order valence-electron chi connectivity index (χ0n) is 17.8. The Hall–Kier alpha value is -3.05. The molecule has 0 saturated carbocycles. The number of hydrogen-bond donors (Lipinski definition) is 3. The number of epoxide rings is 1. The molecule has 1 atom stereocenters. The minimum atomic E-state index is -0.372. The number of carbonyl (C=O) groups is 1. The van der Waals surface area contributed by atoms with Gasteiger partial charge in [-0.3, -0.25) is 4.79 Å². The second-order valence-corrected chi connectivity index (χ2v) is 8.48. The van der Waals surface area contributed by atoms with Crippen molar-refractivity contribution in [2.24, 2.45) is 0 Å². The molecule has 158 valence electrons. The van der Waals surface area contributed by atoms with Gasteiger partial charge in [0.1, 0.15) is 17.2 Å². The summed E-state index contributed by atoms with van der Waals surface area (Å²) < 4.78 is 5.56. The molecule has 0 spiro atoms. The lowest BCUT2D eigenvalue weighted by molar-refractivity contribution is 0.104. The van der Waals surface area contributed by atoms with E-state index in [-0.39, 0.29) is 40.3 Å². The van der Waals surface area contributed by atoms with Crippen LogP contribution < -0.4 is 0 Å². The Morgan fingerprint density at radius 1 is 1.03 bits per heavy atom. The van der Waals surface area contributed by atoms with Crippen LogP contribution in [-0.4, -0.2) is 32.8 Å². The Balaban J connectivity index is 1.79. The van der Waals surface area contributed by atoms with Crippen LogP contribution in [-0.2, 0) is 17.6 Å². The van der Waals surface area contributed by atoms with Crippen molar-refractivity contribution in [3.63, 3.8) is 0 Å². The van der Waals surface area contributed by atoms with E-state index in [1.165, 1.54) is 18.2 Å². The molecule has 5 nitrogen and oxygen atoms in total. The van der Waals surface area contributed by atoms with Crippen molar-refractivity contribution in [2.45, 2.75) is 52.2 Å². The monoisotopic (exact) mass is 408 g/mol. The van der Waals surface area contributed by atoms with Gasteiger partial charge in [0, 0.05) is 12.5 Å². The van der Waals surface area contributed by atoms with Gasteiger partial charge in [-0.25, -0.2) is 0 Å². The topological polar surface area (TPSA) is 90.3 Å². The molecular formula is C25H28O5. The molecule has 3 N–H and O–H groups in total. The number of ketones is 1. The number of allylic oxidation sites excluding steroid dienone is 3. The van der Waals surface area contributed by atoms with Gasteiger partial charge in [-0.1, -0.05) is 23.8 Å². The van der Waals surface area contributed by atoms with Crippen molar-refractivity contribution in [2.75, 3.05) is 0 Å². The molecule has 1 aliphatic heterocycles. The average Bonchev–Trinajstić information content (AvgIpc) is 3.27. The SMILES string of the molecule is CC(C)=CCc1cc(/C=C\C(=O)c2cc(C[C@H]3OC3(C)C)c(O)cc2O)ccc1O. The molecule has 2 aromatic rings. The summed E-state index contributed by atoms with van der Waals surface area (Å²) in [6, 6.07) is 7.87. The van der Waals surface area contributed by atoms with Gasteiger partial charge in [-0.05, 0) is 75.1 Å². The van der Waals surface area contributed by atoms with Gasteiger partial charge < -0.3 is 20.1 Å². The van der Waals surface area contributed by atoms with Crippen molar-refractivity contribution < 1.29 is 24.9 Å². The van der Waals surface area contributed by atoms with Gasteiger partial charge in [0.05, 0.1) is 17.3 Å². The number of phenols is 3. The standard InChI is InChI=1S/C25H28O5/c1-15(2)5-8-17-11-16(6-9-20(17)26)7-10-21(27)19-12-18(22(28)14-23(19)29)13-24-25(3,4)30-24/h5-7,9-12,14,24,26,28-29H,8,13H2,1-4H3/b10-7-/t24-/m1/s1. The van der Waals surface area contributed by atoms with Crippen LogP contribution in [0.25, 0.3) is 6.08 Å². The van der Waals surface area contributed by atoms with E-state index in [4.69, 9.17) is 4.74 Å². The summed E-state index contributed by atoms with van der Waals surface area (Å²) >= 11 is 0. The fourth-order valence-corrected chi connectivity index (χ4v) is 3.25. The van der Waals surface area contributed by atoms with Crippen molar-refractivity contribution in [3.8, 4) is 17.2 Å². The summed E-state index contributed by atoms with van der Waals surface area (Å²) in [7, 11) is 0. The molecule has 0 bridgehead atoms. The number of hydrogen-bond acceptors (Lipinski definition) is 5. The maximum absolute atomic E-state index is 12.7. The molecule has 1 saturated heterocycles. The second kappa shape index (κ2) is 8.36. The number of ether oxygens (including phenoxy) is 1. The molecule has 2 aromatic carbocycles. The second-order valence-electron chi connectivity index (χ2n) is 8.48. The molecule has 3 rings (SSSR count). The first-order valence-electron chi connectivity index (χ1n) is 9.97. The smallest absolute Gasteiger partial charge is 0.189 e. The lowest BCUT2D eigenvalue weighted by atomic mass is 9.98. The van der Waals surface area contributed by atoms with Crippen molar-refractivity contribution in [1.29, 1.82) is 0 Å². The lowest BCUT2D eigenvalue weighted by Gasteiger charge is -2.08. The summed E-state index contributed by atoms with van der Waals surface area (Å²) in [6.45, 7) is 7.92. The zero-order chi connectivity index (χ0) is 22.1. The minimum Gasteiger partial charge on any atom is -0.508 e. The Morgan fingerprint density at radius 3 is 2.37 bits per heavy atom. The largest absolute Gasteiger partial charge is 0.508 e. The Labute approximate surface area is 177 Å². The van der Waals surface area contributed by atoms with E-state index in [2.05, 4.69) is 0 Å². The third-order valence-electron chi connectivity index (χ3n) is 5.29.